The third-order valence-corrected chi connectivity index (χ3v) is 7.12. The number of carbonyl (C=O) groups excluding carboxylic acids is 1. The molecule has 2 nitrogen and oxygen atoms in total. The van der Waals surface area contributed by atoms with Crippen LogP contribution in [0.15, 0.2) is 36.4 Å². The number of carbonyl (C=O) groups is 1. The van der Waals surface area contributed by atoms with Gasteiger partial charge in [0, 0.05) is 19.0 Å². The molecule has 3 aliphatic rings. The lowest BCUT2D eigenvalue weighted by atomic mass is 9.68. The summed E-state index contributed by atoms with van der Waals surface area (Å²) in [6.07, 6.45) is 3.88. The van der Waals surface area contributed by atoms with Gasteiger partial charge in [0.25, 0.3) is 0 Å². The average Bonchev–Trinajstić information content (AvgIpc) is 3.25. The van der Waals surface area contributed by atoms with Crippen LogP contribution in [-0.2, 0) is 4.79 Å². The fraction of sp³-hybridized carbons (Fsp3) is 0.571. The molecule has 1 saturated heterocycles. The minimum atomic E-state index is -0.349. The lowest BCUT2D eigenvalue weighted by Gasteiger charge is -2.39. The zero-order chi connectivity index (χ0) is 17.1. The van der Waals surface area contributed by atoms with Crippen LogP contribution >= 0.6 is 0 Å². The molecule has 2 bridgehead atoms. The van der Waals surface area contributed by atoms with Crippen molar-refractivity contribution in [1.29, 1.82) is 0 Å². The molecule has 2 aliphatic carbocycles. The van der Waals surface area contributed by atoms with E-state index in [2.05, 4.69) is 20.4 Å². The number of hydrogen-bond donors (Lipinski definition) is 0. The summed E-state index contributed by atoms with van der Waals surface area (Å²) < 4.78 is 14.1. The maximum Gasteiger partial charge on any atom is 0.232 e. The first-order valence-corrected chi connectivity index (χ1v) is 9.10. The molecular weight excluding hydrogens is 301 g/mol. The van der Waals surface area contributed by atoms with Crippen molar-refractivity contribution < 1.29 is 9.18 Å². The highest BCUT2D eigenvalue weighted by atomic mass is 19.1. The second kappa shape index (κ2) is 5.18. The first-order chi connectivity index (χ1) is 11.4. The van der Waals surface area contributed by atoms with E-state index in [1.807, 2.05) is 17.0 Å². The molecule has 1 aliphatic heterocycles. The van der Waals surface area contributed by atoms with Crippen molar-refractivity contribution >= 4 is 5.91 Å². The minimum absolute atomic E-state index is 0.0680. The van der Waals surface area contributed by atoms with E-state index < -0.39 is 0 Å². The maximum atomic E-state index is 14.1. The van der Waals surface area contributed by atoms with E-state index in [0.29, 0.717) is 12.5 Å². The molecule has 0 unspecified atom stereocenters. The second-order valence-electron chi connectivity index (χ2n) is 8.48. The molecule has 4 rings (SSSR count). The number of benzene rings is 1. The summed E-state index contributed by atoms with van der Waals surface area (Å²) in [6.45, 7) is 10.2. The van der Waals surface area contributed by atoms with Crippen LogP contribution in [0.4, 0.5) is 4.39 Å². The quantitative estimate of drug-likeness (QED) is 0.731. The third kappa shape index (κ3) is 2.03. The highest BCUT2D eigenvalue weighted by molar-refractivity contribution is 5.88. The largest absolute Gasteiger partial charge is 0.341 e. The highest BCUT2D eigenvalue weighted by Gasteiger charge is 2.62. The molecule has 24 heavy (non-hydrogen) atoms. The van der Waals surface area contributed by atoms with E-state index in [0.717, 1.165) is 43.4 Å². The van der Waals surface area contributed by atoms with Crippen LogP contribution in [-0.4, -0.2) is 23.9 Å². The fourth-order valence-electron chi connectivity index (χ4n) is 5.43. The van der Waals surface area contributed by atoms with Gasteiger partial charge < -0.3 is 4.90 Å². The van der Waals surface area contributed by atoms with Crippen LogP contribution in [0.5, 0.6) is 0 Å². The standard InChI is InChI=1S/C21H26FNO/c1-14-20(2,3)16-8-10-21(14,12-16)19(24)23-11-9-15(13-23)17-6-4-5-7-18(17)22/h4-7,15-16H,1,8-13H2,2-3H3/t15-,16-,21+/m0/s1. The molecule has 0 spiro atoms. The molecule has 0 radical (unpaired) electrons. The Labute approximate surface area is 143 Å². The van der Waals surface area contributed by atoms with Gasteiger partial charge in [-0.2, -0.15) is 0 Å². The SMILES string of the molecule is C=C1C(C)(C)[C@H]2CC[C@@]1(C(=O)N1CC[C@H](c3ccccc3F)C1)C2. The number of likely N-dealkylation sites (tertiary alicyclic amines) is 1. The van der Waals surface area contributed by atoms with Crippen LogP contribution < -0.4 is 0 Å². The summed E-state index contributed by atoms with van der Waals surface area (Å²) in [4.78, 5) is 15.3. The van der Waals surface area contributed by atoms with E-state index in [9.17, 15) is 9.18 Å². The van der Waals surface area contributed by atoms with Crippen molar-refractivity contribution in [2.45, 2.75) is 45.4 Å². The minimum Gasteiger partial charge on any atom is -0.341 e. The zero-order valence-corrected chi connectivity index (χ0v) is 14.6. The number of fused-ring (bicyclic) bond motifs is 2. The lowest BCUT2D eigenvalue weighted by molar-refractivity contribution is -0.138. The summed E-state index contributed by atoms with van der Waals surface area (Å²) in [5.41, 5.74) is 1.60. The zero-order valence-electron chi connectivity index (χ0n) is 14.6. The van der Waals surface area contributed by atoms with Gasteiger partial charge in [-0.1, -0.05) is 44.2 Å². The van der Waals surface area contributed by atoms with E-state index in [4.69, 9.17) is 0 Å². The molecule has 0 N–H and O–H groups in total. The number of halogens is 1. The average molecular weight is 327 g/mol. The molecule has 1 heterocycles. The Hall–Kier alpha value is -1.64. The summed E-state index contributed by atoms with van der Waals surface area (Å²) in [5, 5.41) is 0. The molecule has 1 aromatic rings. The Morgan fingerprint density at radius 2 is 2.04 bits per heavy atom. The van der Waals surface area contributed by atoms with Crippen molar-refractivity contribution in [2.24, 2.45) is 16.7 Å². The normalized spacial score (nSPS) is 34.1. The van der Waals surface area contributed by atoms with E-state index in [1.54, 1.807) is 6.07 Å². The molecule has 128 valence electrons. The van der Waals surface area contributed by atoms with Gasteiger partial charge in [0.05, 0.1) is 5.41 Å². The smallest absolute Gasteiger partial charge is 0.232 e. The van der Waals surface area contributed by atoms with Gasteiger partial charge in [-0.05, 0) is 48.6 Å². The molecule has 2 saturated carbocycles. The van der Waals surface area contributed by atoms with E-state index >= 15 is 0 Å². The van der Waals surface area contributed by atoms with Gasteiger partial charge in [-0.15, -0.1) is 0 Å². The van der Waals surface area contributed by atoms with Crippen LogP contribution in [0.3, 0.4) is 0 Å². The Morgan fingerprint density at radius 1 is 1.29 bits per heavy atom. The Morgan fingerprint density at radius 3 is 2.71 bits per heavy atom. The van der Waals surface area contributed by atoms with Gasteiger partial charge in [0.2, 0.25) is 5.91 Å². The van der Waals surface area contributed by atoms with Crippen molar-refractivity contribution in [3.8, 4) is 0 Å². The first kappa shape index (κ1) is 15.9. The van der Waals surface area contributed by atoms with Crippen molar-refractivity contribution in [1.82, 2.24) is 4.90 Å². The molecule has 1 aromatic carbocycles. The number of rotatable bonds is 2. The molecule has 3 fully saturated rings. The number of nitrogens with zero attached hydrogens (tertiary/aromatic N) is 1. The fourth-order valence-corrected chi connectivity index (χ4v) is 5.43. The van der Waals surface area contributed by atoms with Gasteiger partial charge >= 0.3 is 0 Å². The second-order valence-corrected chi connectivity index (χ2v) is 8.48. The van der Waals surface area contributed by atoms with E-state index in [-0.39, 0.29) is 28.5 Å². The summed E-state index contributed by atoms with van der Waals surface area (Å²) in [7, 11) is 0. The van der Waals surface area contributed by atoms with Crippen molar-refractivity contribution in [2.75, 3.05) is 13.1 Å². The Bertz CT molecular complexity index is 710. The van der Waals surface area contributed by atoms with Crippen LogP contribution in [0.1, 0.15) is 51.0 Å². The summed E-state index contributed by atoms with van der Waals surface area (Å²) in [5.74, 6) is 0.798. The monoisotopic (exact) mass is 327 g/mol. The van der Waals surface area contributed by atoms with Crippen molar-refractivity contribution in [3.63, 3.8) is 0 Å². The summed E-state index contributed by atoms with van der Waals surface area (Å²) in [6, 6.07) is 6.97. The molecular formula is C21H26FNO. The molecule has 0 aromatic heterocycles. The Balaban J connectivity index is 1.55. The van der Waals surface area contributed by atoms with Gasteiger partial charge in [0.1, 0.15) is 5.82 Å². The van der Waals surface area contributed by atoms with Gasteiger partial charge in [0.15, 0.2) is 0 Å². The van der Waals surface area contributed by atoms with Crippen LogP contribution in [0.2, 0.25) is 0 Å². The third-order valence-electron chi connectivity index (χ3n) is 7.12. The highest BCUT2D eigenvalue weighted by Crippen LogP contribution is 2.66. The number of hydrogen-bond acceptors (Lipinski definition) is 1. The molecule has 1 amide bonds. The lowest BCUT2D eigenvalue weighted by Crippen LogP contribution is -2.43. The molecule has 3 heteroatoms. The maximum absolute atomic E-state index is 14.1. The summed E-state index contributed by atoms with van der Waals surface area (Å²) >= 11 is 0. The predicted octanol–water partition coefficient (Wildman–Crippen LogP) is 4.52. The van der Waals surface area contributed by atoms with Gasteiger partial charge in [-0.25, -0.2) is 4.39 Å². The van der Waals surface area contributed by atoms with E-state index in [1.165, 1.54) is 6.07 Å². The first-order valence-electron chi connectivity index (χ1n) is 9.10. The molecule has 3 atom stereocenters. The van der Waals surface area contributed by atoms with Crippen LogP contribution in [0.25, 0.3) is 0 Å². The van der Waals surface area contributed by atoms with Gasteiger partial charge in [-0.3, -0.25) is 4.79 Å². The van der Waals surface area contributed by atoms with Crippen molar-refractivity contribution in [3.05, 3.63) is 47.8 Å². The Kier molecular flexibility index (Phi) is 3.42. The van der Waals surface area contributed by atoms with Crippen LogP contribution in [0, 0.1) is 22.6 Å². The number of amides is 1. The topological polar surface area (TPSA) is 20.3 Å². The predicted molar refractivity (Wildman–Crippen MR) is 93.0 cm³/mol.